The zero-order valence-electron chi connectivity index (χ0n) is 14.8. The summed E-state index contributed by atoms with van der Waals surface area (Å²) in [6.07, 6.45) is 4.93. The van der Waals surface area contributed by atoms with E-state index < -0.39 is 0 Å². The van der Waals surface area contributed by atoms with Crippen molar-refractivity contribution >= 4 is 34.2 Å². The van der Waals surface area contributed by atoms with Gasteiger partial charge in [-0.25, -0.2) is 9.78 Å². The fourth-order valence-corrected chi connectivity index (χ4v) is 3.70. The Balaban J connectivity index is 1.56. The van der Waals surface area contributed by atoms with E-state index in [2.05, 4.69) is 9.97 Å². The van der Waals surface area contributed by atoms with Crippen molar-refractivity contribution in [3.8, 4) is 11.1 Å². The van der Waals surface area contributed by atoms with Crippen molar-refractivity contribution in [1.82, 2.24) is 19.4 Å². The average Bonchev–Trinajstić information content (AvgIpc) is 3.29. The van der Waals surface area contributed by atoms with Gasteiger partial charge in [0.25, 0.3) is 6.01 Å². The second-order valence-electron chi connectivity index (χ2n) is 6.88. The monoisotopic (exact) mass is 361 g/mol. The lowest BCUT2D eigenvalue weighted by molar-refractivity contribution is 0.189. The molecule has 4 aromatic rings. The first-order valence-corrected chi connectivity index (χ1v) is 9.12. The maximum Gasteiger partial charge on any atom is 0.329 e. The van der Waals surface area contributed by atoms with Crippen LogP contribution in [0, 0.1) is 0 Å². The number of aromatic nitrogens is 3. The highest BCUT2D eigenvalue weighted by Gasteiger charge is 2.20. The van der Waals surface area contributed by atoms with Crippen molar-refractivity contribution in [2.75, 3.05) is 18.8 Å². The highest BCUT2D eigenvalue weighted by atomic mass is 16.4. The Kier molecular flexibility index (Phi) is 3.60. The Labute approximate surface area is 155 Å². The molecule has 1 aliphatic heterocycles. The zero-order chi connectivity index (χ0) is 18.4. The fraction of sp³-hybridized carbons (Fsp3) is 0.250. The van der Waals surface area contributed by atoms with Crippen LogP contribution in [0.4, 0.5) is 10.8 Å². The number of likely N-dealkylation sites (tertiary alicyclic amines) is 1. The number of piperidine rings is 1. The van der Waals surface area contributed by atoms with Gasteiger partial charge in [-0.15, -0.1) is 0 Å². The lowest BCUT2D eigenvalue weighted by atomic mass is 10.0. The molecule has 7 nitrogen and oxygen atoms in total. The number of carbonyl (C=O) groups excluding carboxylic acids is 1. The van der Waals surface area contributed by atoms with E-state index in [4.69, 9.17) is 10.2 Å². The molecule has 0 aliphatic carbocycles. The standard InChI is InChI=1S/C20H19N5O2/c21-19-23-16-10-13(5-7-18(16)27-19)14-4-6-15-17(11-14)25(12-22-15)20(26)24-8-2-1-3-9-24/h4-7,10-12H,1-3,8-9H2,(H2,21,23). The molecule has 2 aromatic carbocycles. The molecular weight excluding hydrogens is 342 g/mol. The summed E-state index contributed by atoms with van der Waals surface area (Å²) < 4.78 is 6.99. The number of anilines is 1. The van der Waals surface area contributed by atoms with E-state index in [1.807, 2.05) is 41.3 Å². The van der Waals surface area contributed by atoms with Crippen LogP contribution in [-0.4, -0.2) is 38.6 Å². The van der Waals surface area contributed by atoms with Gasteiger partial charge in [0.2, 0.25) is 0 Å². The molecule has 1 fully saturated rings. The molecule has 5 rings (SSSR count). The van der Waals surface area contributed by atoms with Crippen LogP contribution in [0.5, 0.6) is 0 Å². The van der Waals surface area contributed by atoms with E-state index in [0.29, 0.717) is 11.1 Å². The summed E-state index contributed by atoms with van der Waals surface area (Å²) in [6.45, 7) is 1.62. The quantitative estimate of drug-likeness (QED) is 0.556. The molecule has 7 heteroatoms. The maximum absolute atomic E-state index is 12.9. The molecule has 1 amide bonds. The van der Waals surface area contributed by atoms with Crippen LogP contribution in [0.3, 0.4) is 0 Å². The zero-order valence-corrected chi connectivity index (χ0v) is 14.8. The smallest absolute Gasteiger partial charge is 0.329 e. The number of oxazole rings is 1. The second kappa shape index (κ2) is 6.12. The highest BCUT2D eigenvalue weighted by Crippen LogP contribution is 2.28. The van der Waals surface area contributed by atoms with Gasteiger partial charge < -0.3 is 15.1 Å². The SMILES string of the molecule is Nc1nc2cc(-c3ccc4ncn(C(=O)N5CCCCC5)c4c3)ccc2o1. The molecule has 1 saturated heterocycles. The molecule has 0 spiro atoms. The third kappa shape index (κ3) is 2.71. The number of amides is 1. The van der Waals surface area contributed by atoms with E-state index in [1.54, 1.807) is 10.9 Å². The van der Waals surface area contributed by atoms with Gasteiger partial charge in [-0.2, -0.15) is 4.98 Å². The first-order chi connectivity index (χ1) is 13.2. The van der Waals surface area contributed by atoms with Crippen LogP contribution < -0.4 is 5.73 Å². The number of imidazole rings is 1. The number of nitrogen functional groups attached to an aromatic ring is 1. The molecule has 0 atom stereocenters. The first-order valence-electron chi connectivity index (χ1n) is 9.12. The van der Waals surface area contributed by atoms with Crippen molar-refractivity contribution in [1.29, 1.82) is 0 Å². The van der Waals surface area contributed by atoms with Gasteiger partial charge in [-0.1, -0.05) is 12.1 Å². The molecule has 2 N–H and O–H groups in total. The van der Waals surface area contributed by atoms with Crippen molar-refractivity contribution in [3.05, 3.63) is 42.7 Å². The summed E-state index contributed by atoms with van der Waals surface area (Å²) >= 11 is 0. The Morgan fingerprint density at radius 1 is 1.00 bits per heavy atom. The fourth-order valence-electron chi connectivity index (χ4n) is 3.70. The summed E-state index contributed by atoms with van der Waals surface area (Å²) in [7, 11) is 0. The molecule has 27 heavy (non-hydrogen) atoms. The van der Waals surface area contributed by atoms with Crippen molar-refractivity contribution in [2.45, 2.75) is 19.3 Å². The number of nitrogens with zero attached hydrogens (tertiary/aromatic N) is 4. The van der Waals surface area contributed by atoms with E-state index in [0.717, 1.165) is 48.1 Å². The van der Waals surface area contributed by atoms with Gasteiger partial charge in [0.15, 0.2) is 5.58 Å². The molecule has 1 aliphatic rings. The van der Waals surface area contributed by atoms with E-state index in [-0.39, 0.29) is 12.0 Å². The number of carbonyl (C=O) groups is 1. The van der Waals surface area contributed by atoms with Crippen LogP contribution >= 0.6 is 0 Å². The van der Waals surface area contributed by atoms with Crippen molar-refractivity contribution < 1.29 is 9.21 Å². The molecule has 3 heterocycles. The Morgan fingerprint density at radius 3 is 2.63 bits per heavy atom. The summed E-state index contributed by atoms with van der Waals surface area (Å²) in [5.41, 5.74) is 10.6. The van der Waals surface area contributed by atoms with Crippen LogP contribution in [0.25, 0.3) is 33.3 Å². The topological polar surface area (TPSA) is 90.2 Å². The van der Waals surface area contributed by atoms with E-state index in [1.165, 1.54) is 6.42 Å². The number of hydrogen-bond acceptors (Lipinski definition) is 5. The molecule has 136 valence electrons. The van der Waals surface area contributed by atoms with Gasteiger partial charge in [0.05, 0.1) is 11.0 Å². The molecule has 0 saturated carbocycles. The maximum atomic E-state index is 12.9. The number of benzene rings is 2. The molecule has 0 bridgehead atoms. The first kappa shape index (κ1) is 15.9. The average molecular weight is 361 g/mol. The Hall–Kier alpha value is -3.35. The Morgan fingerprint density at radius 2 is 1.78 bits per heavy atom. The predicted octanol–water partition coefficient (Wildman–Crippen LogP) is 3.88. The molecule has 0 radical (unpaired) electrons. The molecule has 2 aromatic heterocycles. The number of rotatable bonds is 1. The molecular formula is C20H19N5O2. The van der Waals surface area contributed by atoms with Gasteiger partial charge in [-0.05, 0) is 54.7 Å². The van der Waals surface area contributed by atoms with E-state index in [9.17, 15) is 4.79 Å². The summed E-state index contributed by atoms with van der Waals surface area (Å²) in [4.78, 5) is 23.4. The number of hydrogen-bond donors (Lipinski definition) is 1. The van der Waals surface area contributed by atoms with Crippen LogP contribution in [0.15, 0.2) is 47.1 Å². The van der Waals surface area contributed by atoms with Gasteiger partial charge in [-0.3, -0.25) is 4.57 Å². The second-order valence-corrected chi connectivity index (χ2v) is 6.88. The minimum atomic E-state index is -0.00548. The summed E-state index contributed by atoms with van der Waals surface area (Å²) in [6, 6.07) is 11.8. The predicted molar refractivity (Wildman–Crippen MR) is 103 cm³/mol. The lowest BCUT2D eigenvalue weighted by Gasteiger charge is -2.26. The van der Waals surface area contributed by atoms with Gasteiger partial charge in [0, 0.05) is 13.1 Å². The Bertz CT molecular complexity index is 1150. The number of fused-ring (bicyclic) bond motifs is 2. The van der Waals surface area contributed by atoms with Crippen LogP contribution in [0.1, 0.15) is 19.3 Å². The normalized spacial score (nSPS) is 14.9. The largest absolute Gasteiger partial charge is 0.424 e. The minimum absolute atomic E-state index is 0.00548. The third-order valence-electron chi connectivity index (χ3n) is 5.12. The molecule has 0 unspecified atom stereocenters. The van der Waals surface area contributed by atoms with Crippen molar-refractivity contribution in [2.24, 2.45) is 0 Å². The summed E-state index contributed by atoms with van der Waals surface area (Å²) in [5, 5.41) is 0. The lowest BCUT2D eigenvalue weighted by Crippen LogP contribution is -2.38. The number of nitrogens with two attached hydrogens (primary N) is 1. The van der Waals surface area contributed by atoms with Crippen molar-refractivity contribution in [3.63, 3.8) is 0 Å². The van der Waals surface area contributed by atoms with Gasteiger partial charge >= 0.3 is 6.03 Å². The van der Waals surface area contributed by atoms with Crippen LogP contribution in [0.2, 0.25) is 0 Å². The van der Waals surface area contributed by atoms with Crippen LogP contribution in [-0.2, 0) is 0 Å². The van der Waals surface area contributed by atoms with E-state index >= 15 is 0 Å². The van der Waals surface area contributed by atoms with Gasteiger partial charge in [0.1, 0.15) is 11.8 Å². The minimum Gasteiger partial charge on any atom is -0.424 e. The summed E-state index contributed by atoms with van der Waals surface area (Å²) in [5.74, 6) is 0. The highest BCUT2D eigenvalue weighted by molar-refractivity contribution is 5.92. The third-order valence-corrected chi connectivity index (χ3v) is 5.12.